The average molecular weight is 391 g/mol. The van der Waals surface area contributed by atoms with Gasteiger partial charge in [0.05, 0.1) is 17.1 Å². The van der Waals surface area contributed by atoms with Crippen LogP contribution in [0.4, 0.5) is 11.4 Å². The van der Waals surface area contributed by atoms with E-state index in [1.54, 1.807) is 6.20 Å². The van der Waals surface area contributed by atoms with Crippen LogP contribution >= 0.6 is 0 Å². The van der Waals surface area contributed by atoms with E-state index in [2.05, 4.69) is 24.0 Å². The fourth-order valence-electron chi connectivity index (χ4n) is 3.77. The molecule has 6 heteroatoms. The minimum atomic E-state index is 0.160. The first-order valence-corrected chi connectivity index (χ1v) is 10.1. The number of amidine groups is 1. The third-order valence-corrected chi connectivity index (χ3v) is 5.16. The number of aliphatic imine (C=N–C) groups is 1. The van der Waals surface area contributed by atoms with Crippen LogP contribution in [0.15, 0.2) is 59.7 Å². The van der Waals surface area contributed by atoms with E-state index in [1.807, 2.05) is 43.3 Å². The summed E-state index contributed by atoms with van der Waals surface area (Å²) in [6.07, 6.45) is 2.73. The van der Waals surface area contributed by atoms with Gasteiger partial charge in [0.2, 0.25) is 0 Å². The molecule has 0 saturated carbocycles. The summed E-state index contributed by atoms with van der Waals surface area (Å²) in [5, 5.41) is 0.972. The molecule has 0 amide bonds. The fraction of sp³-hybridized carbons (Fsp3) is 0.304. The van der Waals surface area contributed by atoms with Crippen LogP contribution in [-0.2, 0) is 11.3 Å². The van der Waals surface area contributed by atoms with Crippen LogP contribution < -0.4 is 15.2 Å². The molecule has 1 atom stereocenters. The molecule has 0 saturated heterocycles. The molecule has 0 bridgehead atoms. The molecule has 6 nitrogen and oxygen atoms in total. The smallest absolute Gasteiger partial charge is 0.254 e. The second-order valence-corrected chi connectivity index (χ2v) is 7.20. The molecule has 3 aromatic rings. The average Bonchev–Trinajstić information content (AvgIpc) is 3.03. The second-order valence-electron chi connectivity index (χ2n) is 7.20. The van der Waals surface area contributed by atoms with Crippen LogP contribution in [0.1, 0.15) is 25.8 Å². The summed E-state index contributed by atoms with van der Waals surface area (Å²) in [4.78, 5) is 9.35. The topological polar surface area (TPSA) is 69.7 Å². The van der Waals surface area contributed by atoms with E-state index in [0.29, 0.717) is 19.8 Å². The third-order valence-electron chi connectivity index (χ3n) is 5.16. The van der Waals surface area contributed by atoms with Crippen molar-refractivity contribution < 1.29 is 9.47 Å². The van der Waals surface area contributed by atoms with Gasteiger partial charge in [-0.1, -0.05) is 37.3 Å². The first-order valence-electron chi connectivity index (χ1n) is 10.1. The van der Waals surface area contributed by atoms with Crippen LogP contribution in [0.25, 0.3) is 10.9 Å². The monoisotopic (exact) mass is 391 g/mol. The van der Waals surface area contributed by atoms with Gasteiger partial charge in [0.25, 0.3) is 5.84 Å². The van der Waals surface area contributed by atoms with Crippen molar-refractivity contribution in [2.75, 3.05) is 19.8 Å². The molecule has 0 radical (unpaired) electrons. The van der Waals surface area contributed by atoms with Crippen molar-refractivity contribution in [2.24, 2.45) is 10.8 Å². The van der Waals surface area contributed by atoms with E-state index < -0.39 is 0 Å². The second kappa shape index (κ2) is 8.29. The van der Waals surface area contributed by atoms with Crippen molar-refractivity contribution in [1.29, 1.82) is 0 Å². The van der Waals surface area contributed by atoms with E-state index in [4.69, 9.17) is 20.3 Å². The Bertz CT molecular complexity index is 1040. The first kappa shape index (κ1) is 19.5. The lowest BCUT2D eigenvalue weighted by Crippen LogP contribution is -2.60. The van der Waals surface area contributed by atoms with Crippen LogP contribution in [-0.4, -0.2) is 30.6 Å². The van der Waals surface area contributed by atoms with Crippen molar-refractivity contribution >= 4 is 28.1 Å². The van der Waals surface area contributed by atoms with Gasteiger partial charge < -0.3 is 9.47 Å². The molecule has 1 aliphatic rings. The van der Waals surface area contributed by atoms with Crippen LogP contribution in [0, 0.1) is 0 Å². The van der Waals surface area contributed by atoms with E-state index in [-0.39, 0.29) is 4.59 Å². The number of fused-ring (bicyclic) bond motifs is 3. The summed E-state index contributed by atoms with van der Waals surface area (Å²) in [6.45, 7) is 6.39. The Hall–Kier alpha value is -2.80. The van der Waals surface area contributed by atoms with Gasteiger partial charge in [0, 0.05) is 6.61 Å². The van der Waals surface area contributed by atoms with E-state index in [0.717, 1.165) is 52.4 Å². The van der Waals surface area contributed by atoms with Crippen molar-refractivity contribution in [1.82, 2.24) is 9.58 Å². The van der Waals surface area contributed by atoms with E-state index in [9.17, 15) is 0 Å². The molecular formula is C23H27N4O2+. The van der Waals surface area contributed by atoms with E-state index >= 15 is 0 Å². The summed E-state index contributed by atoms with van der Waals surface area (Å²) in [7, 11) is 0. The van der Waals surface area contributed by atoms with Crippen molar-refractivity contribution in [2.45, 2.75) is 26.9 Å². The van der Waals surface area contributed by atoms with Gasteiger partial charge in [0.1, 0.15) is 25.5 Å². The number of rotatable bonds is 8. The first-order chi connectivity index (χ1) is 14.2. The quantitative estimate of drug-likeness (QED) is 0.454. The predicted octanol–water partition coefficient (Wildman–Crippen LogP) is 4.48. The molecule has 0 spiro atoms. The molecule has 29 heavy (non-hydrogen) atoms. The molecule has 1 unspecified atom stereocenters. The number of nitrogens with zero attached hydrogens (tertiary/aromatic N) is 3. The molecular weight excluding hydrogens is 364 g/mol. The maximum atomic E-state index is 6.91. The molecule has 1 aliphatic heterocycles. The standard InChI is InChI=1S/C23H27N4O2/c1-3-12-27(24)22(16-28-4-2)26-21-14-25-20-11-10-18(13-19(20)23(21)27)29-15-17-8-6-5-7-9-17/h5-11,13-14H,3-4,12,15-16,24H2,1-2H3/q+1. The van der Waals surface area contributed by atoms with Gasteiger partial charge in [-0.25, -0.2) is 0 Å². The Morgan fingerprint density at radius 1 is 1.03 bits per heavy atom. The van der Waals surface area contributed by atoms with Crippen molar-refractivity contribution in [3.05, 3.63) is 60.3 Å². The van der Waals surface area contributed by atoms with Crippen LogP contribution in [0.2, 0.25) is 0 Å². The predicted molar refractivity (Wildman–Crippen MR) is 117 cm³/mol. The van der Waals surface area contributed by atoms with E-state index in [1.165, 1.54) is 0 Å². The SMILES string of the molecule is CCC[N+]1(N)C(COCC)=Nc2cnc3ccc(OCc4ccccc4)cc3c21. The largest absolute Gasteiger partial charge is 0.489 e. The van der Waals surface area contributed by atoms with Crippen LogP contribution in [0.5, 0.6) is 5.75 Å². The summed E-state index contributed by atoms with van der Waals surface area (Å²) in [6, 6.07) is 16.1. The number of aromatic nitrogens is 1. The zero-order valence-corrected chi connectivity index (χ0v) is 17.0. The normalized spacial score (nSPS) is 18.0. The maximum Gasteiger partial charge on any atom is 0.254 e. The summed E-state index contributed by atoms with van der Waals surface area (Å²) in [5.74, 6) is 8.51. The number of benzene rings is 2. The zero-order valence-electron chi connectivity index (χ0n) is 17.0. The molecule has 2 N–H and O–H groups in total. The molecule has 0 aliphatic carbocycles. The van der Waals surface area contributed by atoms with Gasteiger partial charge >= 0.3 is 0 Å². The number of nitrogens with two attached hydrogens (primary N) is 1. The Balaban J connectivity index is 1.71. The lowest BCUT2D eigenvalue weighted by atomic mass is 10.1. The van der Waals surface area contributed by atoms with Crippen LogP contribution in [0.3, 0.4) is 0 Å². The molecule has 0 fully saturated rings. The number of ether oxygens (including phenoxy) is 2. The van der Waals surface area contributed by atoms with Gasteiger partial charge in [-0.15, -0.1) is 0 Å². The lowest BCUT2D eigenvalue weighted by Gasteiger charge is -2.29. The number of hydrogen-bond acceptors (Lipinski definition) is 5. The Kier molecular flexibility index (Phi) is 5.58. The zero-order chi connectivity index (χ0) is 20.3. The van der Waals surface area contributed by atoms with Crippen molar-refractivity contribution in [3.63, 3.8) is 0 Å². The number of quaternary nitrogens is 1. The Labute approximate surface area is 171 Å². The lowest BCUT2D eigenvalue weighted by molar-refractivity contribution is 0.178. The highest BCUT2D eigenvalue weighted by atomic mass is 16.5. The van der Waals surface area contributed by atoms with Crippen molar-refractivity contribution in [3.8, 4) is 5.75 Å². The maximum absolute atomic E-state index is 6.91. The highest BCUT2D eigenvalue weighted by molar-refractivity contribution is 6.10. The highest BCUT2D eigenvalue weighted by Gasteiger charge is 2.43. The minimum Gasteiger partial charge on any atom is -0.489 e. The van der Waals surface area contributed by atoms with Gasteiger partial charge in [-0.2, -0.15) is 15.4 Å². The Morgan fingerprint density at radius 3 is 2.62 bits per heavy atom. The van der Waals surface area contributed by atoms with Gasteiger partial charge in [-0.3, -0.25) is 4.98 Å². The molecule has 150 valence electrons. The number of hydrogen-bond donors (Lipinski definition) is 1. The van der Waals surface area contributed by atoms with Gasteiger partial charge in [0.15, 0.2) is 11.4 Å². The summed E-state index contributed by atoms with van der Waals surface area (Å²) >= 11 is 0. The molecule has 2 heterocycles. The fourth-order valence-corrected chi connectivity index (χ4v) is 3.77. The third kappa shape index (κ3) is 3.74. The minimum absolute atomic E-state index is 0.160. The molecule has 2 aromatic carbocycles. The molecule has 1 aromatic heterocycles. The summed E-state index contributed by atoms with van der Waals surface area (Å²) in [5.41, 5.74) is 3.79. The number of pyridine rings is 1. The molecule has 4 rings (SSSR count). The van der Waals surface area contributed by atoms with Gasteiger partial charge in [-0.05, 0) is 37.1 Å². The summed E-state index contributed by atoms with van der Waals surface area (Å²) < 4.78 is 11.8. The highest BCUT2D eigenvalue weighted by Crippen LogP contribution is 2.44. The Morgan fingerprint density at radius 2 is 1.86 bits per heavy atom.